The Morgan fingerprint density at radius 3 is 2.72 bits per heavy atom. The molecule has 0 aliphatic heterocycles. The van der Waals surface area contributed by atoms with E-state index in [2.05, 4.69) is 25.9 Å². The second-order valence-corrected chi connectivity index (χ2v) is 5.42. The number of carbonyl (C=O) groups excluding carboxylic acids is 1. The molecule has 0 radical (unpaired) electrons. The minimum Gasteiger partial charge on any atom is -0.340 e. The zero-order valence-corrected chi connectivity index (χ0v) is 14.9. The van der Waals surface area contributed by atoms with Crippen molar-refractivity contribution < 1.29 is 4.79 Å². The second kappa shape index (κ2) is 8.30. The Balaban J connectivity index is 0.00000225. The van der Waals surface area contributed by atoms with Gasteiger partial charge in [0.25, 0.3) is 0 Å². The first kappa shape index (κ1) is 18.5. The standard InChI is InChI=1S/C18H19N5O.ClH/c1-3-19-18(24)23-17-10-13-5-4-6-15(14(13)11-21-17)22-16-9-12(2)7-8-20-16;/h4-11H,3H2,1-2H3,(H,20,22)(H2,19,21,23,24);1H. The summed E-state index contributed by atoms with van der Waals surface area (Å²) in [6.07, 6.45) is 3.52. The third-order valence-corrected chi connectivity index (χ3v) is 3.52. The summed E-state index contributed by atoms with van der Waals surface area (Å²) in [5, 5.41) is 10.7. The van der Waals surface area contributed by atoms with Crippen molar-refractivity contribution in [2.45, 2.75) is 13.8 Å². The predicted octanol–water partition coefficient (Wildman–Crippen LogP) is 4.25. The number of nitrogens with zero attached hydrogens (tertiary/aromatic N) is 2. The third-order valence-electron chi connectivity index (χ3n) is 3.52. The molecule has 0 saturated heterocycles. The normalized spacial score (nSPS) is 10.0. The van der Waals surface area contributed by atoms with Crippen LogP contribution >= 0.6 is 12.4 Å². The van der Waals surface area contributed by atoms with Crippen LogP contribution in [-0.2, 0) is 0 Å². The molecule has 7 heteroatoms. The van der Waals surface area contributed by atoms with Crippen LogP contribution in [0.3, 0.4) is 0 Å². The lowest BCUT2D eigenvalue weighted by Crippen LogP contribution is -2.28. The quantitative estimate of drug-likeness (QED) is 0.652. The molecule has 6 nitrogen and oxygen atoms in total. The number of nitrogens with one attached hydrogen (secondary N) is 3. The van der Waals surface area contributed by atoms with Gasteiger partial charge in [-0.05, 0) is 49.1 Å². The van der Waals surface area contributed by atoms with Crippen molar-refractivity contribution in [1.82, 2.24) is 15.3 Å². The van der Waals surface area contributed by atoms with Crippen LogP contribution in [-0.4, -0.2) is 22.5 Å². The summed E-state index contributed by atoms with van der Waals surface area (Å²) < 4.78 is 0. The first-order chi connectivity index (χ1) is 11.7. The van der Waals surface area contributed by atoms with Crippen LogP contribution in [0.25, 0.3) is 10.8 Å². The molecule has 0 saturated carbocycles. The van der Waals surface area contributed by atoms with Gasteiger partial charge in [-0.25, -0.2) is 14.8 Å². The van der Waals surface area contributed by atoms with Gasteiger partial charge in [0.2, 0.25) is 0 Å². The number of aromatic nitrogens is 2. The van der Waals surface area contributed by atoms with E-state index in [0.29, 0.717) is 12.4 Å². The molecule has 1 aromatic carbocycles. The molecule has 0 atom stereocenters. The van der Waals surface area contributed by atoms with E-state index in [1.54, 1.807) is 12.4 Å². The minimum absolute atomic E-state index is 0. The van der Waals surface area contributed by atoms with Gasteiger partial charge in [0, 0.05) is 30.0 Å². The summed E-state index contributed by atoms with van der Waals surface area (Å²) >= 11 is 0. The Kier molecular flexibility index (Phi) is 6.14. The molecule has 2 heterocycles. The number of anilines is 3. The van der Waals surface area contributed by atoms with Crippen molar-refractivity contribution in [3.8, 4) is 0 Å². The van der Waals surface area contributed by atoms with Gasteiger partial charge in [-0.15, -0.1) is 12.4 Å². The van der Waals surface area contributed by atoms with E-state index in [1.165, 1.54) is 0 Å². The molecule has 25 heavy (non-hydrogen) atoms. The van der Waals surface area contributed by atoms with E-state index in [1.807, 2.05) is 50.2 Å². The fourth-order valence-electron chi connectivity index (χ4n) is 2.41. The Morgan fingerprint density at radius 2 is 1.96 bits per heavy atom. The molecule has 0 fully saturated rings. The molecule has 3 N–H and O–H groups in total. The van der Waals surface area contributed by atoms with Gasteiger partial charge in [-0.2, -0.15) is 0 Å². The van der Waals surface area contributed by atoms with Crippen molar-refractivity contribution in [2.24, 2.45) is 0 Å². The molecule has 0 aliphatic carbocycles. The van der Waals surface area contributed by atoms with Crippen LogP contribution in [0, 0.1) is 6.92 Å². The largest absolute Gasteiger partial charge is 0.340 e. The number of benzene rings is 1. The molecule has 0 aliphatic rings. The number of halogens is 1. The summed E-state index contributed by atoms with van der Waals surface area (Å²) in [5.74, 6) is 1.30. The first-order valence-electron chi connectivity index (χ1n) is 7.79. The lowest BCUT2D eigenvalue weighted by Gasteiger charge is -2.11. The van der Waals surface area contributed by atoms with Crippen molar-refractivity contribution in [1.29, 1.82) is 0 Å². The van der Waals surface area contributed by atoms with E-state index in [-0.39, 0.29) is 18.4 Å². The Bertz CT molecular complexity index is 884. The maximum atomic E-state index is 11.6. The van der Waals surface area contributed by atoms with Crippen LogP contribution < -0.4 is 16.0 Å². The SMILES string of the molecule is CCNC(=O)Nc1cc2cccc(Nc3cc(C)ccn3)c2cn1.Cl. The number of carbonyl (C=O) groups is 1. The highest BCUT2D eigenvalue weighted by molar-refractivity contribution is 5.97. The van der Waals surface area contributed by atoms with Gasteiger partial charge < -0.3 is 10.6 Å². The highest BCUT2D eigenvalue weighted by Gasteiger charge is 2.06. The molecule has 3 aromatic rings. The fraction of sp³-hybridized carbons (Fsp3) is 0.167. The number of aryl methyl sites for hydroxylation is 1. The lowest BCUT2D eigenvalue weighted by molar-refractivity contribution is 0.252. The first-order valence-corrected chi connectivity index (χ1v) is 7.79. The molecule has 0 unspecified atom stereocenters. The van der Waals surface area contributed by atoms with Crippen LogP contribution in [0.5, 0.6) is 0 Å². The Morgan fingerprint density at radius 1 is 1.12 bits per heavy atom. The maximum Gasteiger partial charge on any atom is 0.320 e. The van der Waals surface area contributed by atoms with E-state index in [4.69, 9.17) is 0 Å². The number of pyridine rings is 2. The predicted molar refractivity (Wildman–Crippen MR) is 104 cm³/mol. The van der Waals surface area contributed by atoms with E-state index < -0.39 is 0 Å². The molecular formula is C18H20ClN5O. The highest BCUT2D eigenvalue weighted by Crippen LogP contribution is 2.26. The Hall–Kier alpha value is -2.86. The monoisotopic (exact) mass is 357 g/mol. The van der Waals surface area contributed by atoms with E-state index in [0.717, 1.165) is 27.8 Å². The Labute approximate surface area is 152 Å². The van der Waals surface area contributed by atoms with Crippen molar-refractivity contribution in [3.05, 3.63) is 54.4 Å². The topological polar surface area (TPSA) is 78.9 Å². The third kappa shape index (κ3) is 4.58. The van der Waals surface area contributed by atoms with Gasteiger partial charge in [0.15, 0.2) is 0 Å². The molecular weight excluding hydrogens is 338 g/mol. The summed E-state index contributed by atoms with van der Waals surface area (Å²) in [6, 6.07) is 11.4. The number of amides is 2. The fourth-order valence-corrected chi connectivity index (χ4v) is 2.41. The molecule has 0 spiro atoms. The molecule has 3 rings (SSSR count). The van der Waals surface area contributed by atoms with Crippen molar-refractivity contribution >= 4 is 46.5 Å². The lowest BCUT2D eigenvalue weighted by atomic mass is 10.1. The maximum absolute atomic E-state index is 11.6. The zero-order chi connectivity index (χ0) is 16.9. The van der Waals surface area contributed by atoms with E-state index in [9.17, 15) is 4.79 Å². The number of fused-ring (bicyclic) bond motifs is 1. The smallest absolute Gasteiger partial charge is 0.320 e. The highest BCUT2D eigenvalue weighted by atomic mass is 35.5. The van der Waals surface area contributed by atoms with Gasteiger partial charge >= 0.3 is 6.03 Å². The zero-order valence-electron chi connectivity index (χ0n) is 14.0. The van der Waals surface area contributed by atoms with Crippen molar-refractivity contribution in [3.63, 3.8) is 0 Å². The molecule has 130 valence electrons. The minimum atomic E-state index is -0.261. The van der Waals surface area contributed by atoms with Gasteiger partial charge in [0.05, 0.1) is 0 Å². The van der Waals surface area contributed by atoms with Crippen molar-refractivity contribution in [2.75, 3.05) is 17.2 Å². The van der Waals surface area contributed by atoms with Gasteiger partial charge in [0.1, 0.15) is 11.6 Å². The summed E-state index contributed by atoms with van der Waals surface area (Å²) in [4.78, 5) is 20.2. The molecule has 2 aromatic heterocycles. The van der Waals surface area contributed by atoms with Gasteiger partial charge in [-0.1, -0.05) is 12.1 Å². The van der Waals surface area contributed by atoms with Crippen LogP contribution in [0.4, 0.5) is 22.1 Å². The second-order valence-electron chi connectivity index (χ2n) is 5.42. The molecule has 2 amide bonds. The summed E-state index contributed by atoms with van der Waals surface area (Å²) in [5.41, 5.74) is 2.06. The van der Waals surface area contributed by atoms with Gasteiger partial charge in [-0.3, -0.25) is 5.32 Å². The average molecular weight is 358 g/mol. The summed E-state index contributed by atoms with van der Waals surface area (Å²) in [7, 11) is 0. The van der Waals surface area contributed by atoms with Crippen LogP contribution in [0.2, 0.25) is 0 Å². The van der Waals surface area contributed by atoms with Crippen LogP contribution in [0.15, 0.2) is 48.8 Å². The number of hydrogen-bond acceptors (Lipinski definition) is 4. The summed E-state index contributed by atoms with van der Waals surface area (Å²) in [6.45, 7) is 4.46. The number of rotatable bonds is 4. The van der Waals surface area contributed by atoms with Crippen LogP contribution in [0.1, 0.15) is 12.5 Å². The number of hydrogen-bond donors (Lipinski definition) is 3. The average Bonchev–Trinajstić information content (AvgIpc) is 2.55. The molecule has 0 bridgehead atoms. The van der Waals surface area contributed by atoms with E-state index >= 15 is 0 Å². The number of urea groups is 1.